The Morgan fingerprint density at radius 2 is 2.18 bits per heavy atom. The Morgan fingerprint density at radius 1 is 1.53 bits per heavy atom. The highest BCUT2D eigenvalue weighted by Gasteiger charge is 2.13. The van der Waals surface area contributed by atoms with Crippen LogP contribution in [0.5, 0.6) is 0 Å². The van der Waals surface area contributed by atoms with Crippen molar-refractivity contribution in [3.8, 4) is 0 Å². The first kappa shape index (κ1) is 13.8. The van der Waals surface area contributed by atoms with Crippen LogP contribution in [0.25, 0.3) is 0 Å². The number of aliphatic carboxylic acids is 1. The predicted octanol–water partition coefficient (Wildman–Crippen LogP) is 2.65. The summed E-state index contributed by atoms with van der Waals surface area (Å²) >= 11 is 9.04. The van der Waals surface area contributed by atoms with Crippen LogP contribution < -0.4 is 5.32 Å². The topological polar surface area (TPSA) is 69.6 Å². The average molecular weight is 322 g/mol. The number of carbonyl (C=O) groups is 2. The van der Waals surface area contributed by atoms with Gasteiger partial charge in [0.05, 0.1) is 5.69 Å². The number of benzene rings is 1. The molecule has 1 aromatic rings. The summed E-state index contributed by atoms with van der Waals surface area (Å²) in [6.07, 6.45) is 0. The Kier molecular flexibility index (Phi) is 4.77. The Labute approximate surface area is 111 Å². The van der Waals surface area contributed by atoms with Crippen LogP contribution in [0.15, 0.2) is 22.7 Å². The molecule has 0 spiro atoms. The number of nitrogens with zero attached hydrogens (tertiary/aromatic N) is 1. The zero-order chi connectivity index (χ0) is 13.0. The van der Waals surface area contributed by atoms with Crippen molar-refractivity contribution in [3.63, 3.8) is 0 Å². The van der Waals surface area contributed by atoms with Gasteiger partial charge in [0.15, 0.2) is 0 Å². The van der Waals surface area contributed by atoms with Crippen LogP contribution >= 0.6 is 27.5 Å². The normalized spacial score (nSPS) is 9.82. The van der Waals surface area contributed by atoms with Gasteiger partial charge in [-0.2, -0.15) is 0 Å². The summed E-state index contributed by atoms with van der Waals surface area (Å²) in [5.41, 5.74) is 0.486. The van der Waals surface area contributed by atoms with Crippen molar-refractivity contribution in [1.29, 1.82) is 0 Å². The molecule has 0 atom stereocenters. The standard InChI is InChI=1S/C10H10BrClN2O3/c1-14(5-9(15)16)10(17)13-8-4-6(12)2-3-7(8)11/h2-4H,5H2,1H3,(H,13,17)(H,15,16). The Hall–Kier alpha value is -1.27. The molecule has 0 saturated heterocycles. The Balaban J connectivity index is 2.73. The summed E-state index contributed by atoms with van der Waals surface area (Å²) in [4.78, 5) is 23.1. The number of rotatable bonds is 3. The van der Waals surface area contributed by atoms with Gasteiger partial charge < -0.3 is 15.3 Å². The van der Waals surface area contributed by atoms with Gasteiger partial charge in [0.25, 0.3) is 0 Å². The second kappa shape index (κ2) is 5.88. The van der Waals surface area contributed by atoms with E-state index < -0.39 is 12.0 Å². The zero-order valence-corrected chi connectivity index (χ0v) is 11.2. The number of carboxylic acid groups (broad SMARTS) is 1. The zero-order valence-electron chi connectivity index (χ0n) is 8.91. The first-order valence-corrected chi connectivity index (χ1v) is 5.76. The molecule has 2 amide bonds. The molecule has 92 valence electrons. The van der Waals surface area contributed by atoms with E-state index in [-0.39, 0.29) is 6.54 Å². The molecule has 0 bridgehead atoms. The number of carboxylic acids is 1. The highest BCUT2D eigenvalue weighted by molar-refractivity contribution is 9.10. The van der Waals surface area contributed by atoms with Crippen molar-refractivity contribution in [2.75, 3.05) is 18.9 Å². The number of halogens is 2. The average Bonchev–Trinajstić information content (AvgIpc) is 2.22. The van der Waals surface area contributed by atoms with Crippen molar-refractivity contribution >= 4 is 45.2 Å². The smallest absolute Gasteiger partial charge is 0.323 e. The van der Waals surface area contributed by atoms with Gasteiger partial charge in [-0.25, -0.2) is 4.79 Å². The summed E-state index contributed by atoms with van der Waals surface area (Å²) in [5.74, 6) is -1.08. The molecule has 0 aliphatic heterocycles. The van der Waals surface area contributed by atoms with Gasteiger partial charge >= 0.3 is 12.0 Å². The number of anilines is 1. The van der Waals surface area contributed by atoms with Crippen molar-refractivity contribution in [1.82, 2.24) is 4.90 Å². The Bertz CT molecular complexity index is 453. The second-order valence-electron chi connectivity index (χ2n) is 3.30. The fourth-order valence-electron chi connectivity index (χ4n) is 1.08. The number of likely N-dealkylation sites (N-methyl/N-ethyl adjacent to an activating group) is 1. The minimum absolute atomic E-state index is 0.371. The number of urea groups is 1. The molecule has 0 radical (unpaired) electrons. The summed E-state index contributed by atoms with van der Waals surface area (Å²) in [5, 5.41) is 11.6. The SMILES string of the molecule is CN(CC(=O)O)C(=O)Nc1cc(Cl)ccc1Br. The highest BCUT2D eigenvalue weighted by Crippen LogP contribution is 2.25. The van der Waals surface area contributed by atoms with Crippen LogP contribution in [0, 0.1) is 0 Å². The van der Waals surface area contributed by atoms with Gasteiger partial charge in [-0.3, -0.25) is 4.79 Å². The molecular formula is C10H10BrClN2O3. The summed E-state index contributed by atoms with van der Waals surface area (Å²) in [6.45, 7) is -0.371. The van der Waals surface area contributed by atoms with Crippen LogP contribution in [0.2, 0.25) is 5.02 Å². The van der Waals surface area contributed by atoms with Crippen molar-refractivity contribution < 1.29 is 14.7 Å². The third-order valence-corrected chi connectivity index (χ3v) is 2.82. The lowest BCUT2D eigenvalue weighted by Crippen LogP contribution is -2.35. The lowest BCUT2D eigenvalue weighted by Gasteiger charge is -2.16. The molecule has 0 unspecified atom stereocenters. The van der Waals surface area contributed by atoms with Crippen molar-refractivity contribution in [3.05, 3.63) is 27.7 Å². The summed E-state index contributed by atoms with van der Waals surface area (Å²) in [6, 6.07) is 4.41. The number of carbonyl (C=O) groups excluding carboxylic acids is 1. The third-order valence-electron chi connectivity index (χ3n) is 1.89. The highest BCUT2D eigenvalue weighted by atomic mass is 79.9. The molecule has 7 heteroatoms. The molecule has 0 heterocycles. The lowest BCUT2D eigenvalue weighted by molar-refractivity contribution is -0.137. The maximum atomic E-state index is 11.6. The van der Waals surface area contributed by atoms with Gasteiger partial charge in [-0.1, -0.05) is 11.6 Å². The van der Waals surface area contributed by atoms with Crippen LogP contribution in [-0.2, 0) is 4.79 Å². The largest absolute Gasteiger partial charge is 0.480 e. The van der Waals surface area contributed by atoms with Crippen LogP contribution in [-0.4, -0.2) is 35.6 Å². The van der Waals surface area contributed by atoms with Gasteiger partial charge in [0.2, 0.25) is 0 Å². The quantitative estimate of drug-likeness (QED) is 0.899. The second-order valence-corrected chi connectivity index (χ2v) is 4.59. The van der Waals surface area contributed by atoms with E-state index >= 15 is 0 Å². The van der Waals surface area contributed by atoms with Gasteiger partial charge in [0, 0.05) is 16.5 Å². The van der Waals surface area contributed by atoms with Crippen molar-refractivity contribution in [2.45, 2.75) is 0 Å². The number of hydrogen-bond donors (Lipinski definition) is 2. The van der Waals surface area contributed by atoms with E-state index in [1.165, 1.54) is 7.05 Å². The fourth-order valence-corrected chi connectivity index (χ4v) is 1.60. The molecule has 1 aromatic carbocycles. The van der Waals surface area contributed by atoms with Gasteiger partial charge in [-0.15, -0.1) is 0 Å². The summed E-state index contributed by atoms with van der Waals surface area (Å²) < 4.78 is 0.666. The fraction of sp³-hybridized carbons (Fsp3) is 0.200. The molecule has 17 heavy (non-hydrogen) atoms. The maximum absolute atomic E-state index is 11.6. The molecule has 1 rings (SSSR count). The van der Waals surface area contributed by atoms with Gasteiger partial charge in [-0.05, 0) is 34.1 Å². The van der Waals surface area contributed by atoms with Crippen LogP contribution in [0.4, 0.5) is 10.5 Å². The van der Waals surface area contributed by atoms with E-state index in [1.54, 1.807) is 18.2 Å². The molecule has 0 aliphatic rings. The van der Waals surface area contributed by atoms with E-state index in [0.717, 1.165) is 4.90 Å². The monoisotopic (exact) mass is 320 g/mol. The third kappa shape index (κ3) is 4.24. The Morgan fingerprint density at radius 3 is 2.76 bits per heavy atom. The molecule has 0 saturated carbocycles. The molecule has 0 aromatic heterocycles. The van der Waals surface area contributed by atoms with E-state index in [2.05, 4.69) is 21.2 Å². The lowest BCUT2D eigenvalue weighted by atomic mass is 10.3. The molecule has 0 aliphatic carbocycles. The maximum Gasteiger partial charge on any atom is 0.323 e. The van der Waals surface area contributed by atoms with E-state index in [4.69, 9.17) is 16.7 Å². The van der Waals surface area contributed by atoms with E-state index in [0.29, 0.717) is 15.2 Å². The van der Waals surface area contributed by atoms with E-state index in [9.17, 15) is 9.59 Å². The van der Waals surface area contributed by atoms with Crippen LogP contribution in [0.3, 0.4) is 0 Å². The van der Waals surface area contributed by atoms with Crippen molar-refractivity contribution in [2.24, 2.45) is 0 Å². The van der Waals surface area contributed by atoms with Gasteiger partial charge in [0.1, 0.15) is 6.54 Å². The minimum atomic E-state index is -1.08. The van der Waals surface area contributed by atoms with E-state index in [1.807, 2.05) is 0 Å². The summed E-state index contributed by atoms with van der Waals surface area (Å²) in [7, 11) is 1.39. The number of hydrogen-bond acceptors (Lipinski definition) is 2. The number of nitrogens with one attached hydrogen (secondary N) is 1. The first-order valence-electron chi connectivity index (χ1n) is 4.59. The predicted molar refractivity (Wildman–Crippen MR) is 68.4 cm³/mol. The number of amides is 2. The molecule has 2 N–H and O–H groups in total. The molecule has 5 nitrogen and oxygen atoms in total. The molecular weight excluding hydrogens is 311 g/mol. The minimum Gasteiger partial charge on any atom is -0.480 e. The first-order chi connectivity index (χ1) is 7.90. The van der Waals surface area contributed by atoms with Crippen LogP contribution in [0.1, 0.15) is 0 Å². The molecule has 0 fully saturated rings.